The molecule has 0 heterocycles. The van der Waals surface area contributed by atoms with Gasteiger partial charge in [0.15, 0.2) is 11.9 Å². The molecule has 1 rings (SSSR count). The van der Waals surface area contributed by atoms with Crippen LogP contribution >= 0.6 is 0 Å². The number of aliphatic hydroxyl groups is 1. The van der Waals surface area contributed by atoms with E-state index < -0.39 is 41.1 Å². The van der Waals surface area contributed by atoms with Crippen LogP contribution in [-0.2, 0) is 0 Å². The average Bonchev–Trinajstić information content (AvgIpc) is 2.36. The van der Waals surface area contributed by atoms with E-state index in [1.807, 2.05) is 0 Å². The van der Waals surface area contributed by atoms with Crippen molar-refractivity contribution in [1.29, 1.82) is 0 Å². The number of carbonyl (C=O) groups excluding carboxylic acids is 1. The number of nitro groups is 1. The van der Waals surface area contributed by atoms with Gasteiger partial charge in [-0.15, -0.1) is 0 Å². The molecule has 0 saturated carbocycles. The first-order valence-electron chi connectivity index (χ1n) is 5.51. The number of phenolic OH excluding ortho intramolecular Hbond substituents is 1. The van der Waals surface area contributed by atoms with Gasteiger partial charge in [-0.2, -0.15) is 13.2 Å². The number of aromatic hydroxyl groups is 1. The molecular weight excluding hydrogens is 297 g/mol. The molecule has 1 aromatic rings. The molecular formula is C11H11F3N2O5. The highest BCUT2D eigenvalue weighted by Gasteiger charge is 2.39. The number of hydrogen-bond donors (Lipinski definition) is 2. The Morgan fingerprint density at radius 3 is 2.52 bits per heavy atom. The lowest BCUT2D eigenvalue weighted by Crippen LogP contribution is -2.41. The maximum absolute atomic E-state index is 12.2. The lowest BCUT2D eigenvalue weighted by Gasteiger charge is -2.22. The molecule has 0 saturated heterocycles. The van der Waals surface area contributed by atoms with Gasteiger partial charge in [-0.25, -0.2) is 0 Å². The lowest BCUT2D eigenvalue weighted by atomic mass is 10.1. The fourth-order valence-corrected chi connectivity index (χ4v) is 1.47. The number of amides is 1. The van der Waals surface area contributed by atoms with E-state index in [1.165, 1.54) is 0 Å². The Hall–Kier alpha value is -2.36. The Kier molecular flexibility index (Phi) is 4.73. The lowest BCUT2D eigenvalue weighted by molar-refractivity contribution is -0.385. The monoisotopic (exact) mass is 308 g/mol. The number of phenols is 1. The van der Waals surface area contributed by atoms with Crippen LogP contribution < -0.4 is 0 Å². The Balaban J connectivity index is 2.93. The summed E-state index contributed by atoms with van der Waals surface area (Å²) in [5.41, 5.74) is -1.03. The van der Waals surface area contributed by atoms with Crippen LogP contribution in [0.1, 0.15) is 10.4 Å². The van der Waals surface area contributed by atoms with E-state index in [0.717, 1.165) is 25.2 Å². The van der Waals surface area contributed by atoms with E-state index >= 15 is 0 Å². The summed E-state index contributed by atoms with van der Waals surface area (Å²) in [6.45, 7) is -1.02. The van der Waals surface area contributed by atoms with E-state index in [-0.39, 0.29) is 5.56 Å². The number of nitrogens with zero attached hydrogens (tertiary/aromatic N) is 2. The number of rotatable bonds is 4. The third kappa shape index (κ3) is 4.05. The maximum atomic E-state index is 12.2. The third-order valence-electron chi connectivity index (χ3n) is 2.59. The maximum Gasteiger partial charge on any atom is 0.416 e. The zero-order chi connectivity index (χ0) is 16.4. The largest absolute Gasteiger partial charge is 0.502 e. The number of halogens is 3. The molecule has 10 heteroatoms. The number of alkyl halides is 3. The van der Waals surface area contributed by atoms with Crippen LogP contribution in [0, 0.1) is 10.1 Å². The third-order valence-corrected chi connectivity index (χ3v) is 2.59. The molecule has 0 bridgehead atoms. The summed E-state index contributed by atoms with van der Waals surface area (Å²) in [6.07, 6.45) is -7.60. The molecule has 0 aliphatic heterocycles. The fraction of sp³-hybridized carbons (Fsp3) is 0.364. The van der Waals surface area contributed by atoms with Gasteiger partial charge in [0.25, 0.3) is 5.91 Å². The predicted octanol–water partition coefficient (Wildman–Crippen LogP) is 1.30. The van der Waals surface area contributed by atoms with Gasteiger partial charge >= 0.3 is 11.9 Å². The Morgan fingerprint density at radius 1 is 1.48 bits per heavy atom. The predicted molar refractivity (Wildman–Crippen MR) is 63.8 cm³/mol. The second-order valence-electron chi connectivity index (χ2n) is 4.20. The first-order chi connectivity index (χ1) is 9.54. The molecule has 116 valence electrons. The van der Waals surface area contributed by atoms with Crippen LogP contribution in [-0.4, -0.2) is 51.8 Å². The van der Waals surface area contributed by atoms with Gasteiger partial charge in [0, 0.05) is 18.7 Å². The summed E-state index contributed by atoms with van der Waals surface area (Å²) in [4.78, 5) is 22.1. The van der Waals surface area contributed by atoms with Crippen molar-refractivity contribution in [1.82, 2.24) is 4.90 Å². The van der Waals surface area contributed by atoms with E-state index in [4.69, 9.17) is 5.11 Å². The number of likely N-dealkylation sites (N-methyl/N-ethyl adjacent to an activating group) is 1. The Labute approximate surface area is 116 Å². The van der Waals surface area contributed by atoms with E-state index in [1.54, 1.807) is 0 Å². The highest BCUT2D eigenvalue weighted by Crippen LogP contribution is 2.27. The first-order valence-corrected chi connectivity index (χ1v) is 5.51. The summed E-state index contributed by atoms with van der Waals surface area (Å²) in [7, 11) is 1.01. The first kappa shape index (κ1) is 16.7. The Bertz CT molecular complexity index is 561. The number of nitro benzene ring substituents is 1. The van der Waals surface area contributed by atoms with Crippen LogP contribution in [0.25, 0.3) is 0 Å². The summed E-state index contributed by atoms with van der Waals surface area (Å²) in [5, 5.41) is 28.7. The van der Waals surface area contributed by atoms with Crippen molar-refractivity contribution in [2.75, 3.05) is 13.6 Å². The molecule has 0 aliphatic rings. The normalized spacial score (nSPS) is 12.8. The van der Waals surface area contributed by atoms with E-state index in [9.17, 15) is 33.2 Å². The molecule has 21 heavy (non-hydrogen) atoms. The van der Waals surface area contributed by atoms with Crippen molar-refractivity contribution in [3.63, 3.8) is 0 Å². The molecule has 0 radical (unpaired) electrons. The second-order valence-corrected chi connectivity index (χ2v) is 4.20. The molecule has 0 fully saturated rings. The van der Waals surface area contributed by atoms with Gasteiger partial charge in [0.2, 0.25) is 0 Å². The molecule has 1 unspecified atom stereocenters. The minimum Gasteiger partial charge on any atom is -0.502 e. The van der Waals surface area contributed by atoms with E-state index in [0.29, 0.717) is 4.90 Å². The molecule has 0 aliphatic carbocycles. The van der Waals surface area contributed by atoms with Gasteiger partial charge in [0.1, 0.15) is 0 Å². The fourth-order valence-electron chi connectivity index (χ4n) is 1.47. The van der Waals surface area contributed by atoms with Crippen LogP contribution in [0.3, 0.4) is 0 Å². The van der Waals surface area contributed by atoms with Gasteiger partial charge < -0.3 is 15.1 Å². The quantitative estimate of drug-likeness (QED) is 0.644. The topological polar surface area (TPSA) is 104 Å². The Morgan fingerprint density at radius 2 is 2.05 bits per heavy atom. The SMILES string of the molecule is CN(CC(O)C(F)(F)F)C(=O)c1ccc(O)c([N+](=O)[O-])c1. The average molecular weight is 308 g/mol. The van der Waals surface area contributed by atoms with Crippen molar-refractivity contribution in [2.45, 2.75) is 12.3 Å². The molecule has 1 aromatic carbocycles. The van der Waals surface area contributed by atoms with Crippen LogP contribution in [0.5, 0.6) is 5.75 Å². The summed E-state index contributed by atoms with van der Waals surface area (Å²) in [5.74, 6) is -1.63. The number of aliphatic hydroxyl groups excluding tert-OH is 1. The van der Waals surface area contributed by atoms with Crippen LogP contribution in [0.2, 0.25) is 0 Å². The van der Waals surface area contributed by atoms with Crippen molar-refractivity contribution >= 4 is 11.6 Å². The zero-order valence-corrected chi connectivity index (χ0v) is 10.7. The van der Waals surface area contributed by atoms with Gasteiger partial charge in [-0.05, 0) is 12.1 Å². The highest BCUT2D eigenvalue weighted by atomic mass is 19.4. The number of benzene rings is 1. The zero-order valence-electron chi connectivity index (χ0n) is 10.7. The van der Waals surface area contributed by atoms with Crippen LogP contribution in [0.15, 0.2) is 18.2 Å². The molecule has 1 atom stereocenters. The summed E-state index contributed by atoms with van der Waals surface area (Å²) in [6, 6.07) is 2.66. The molecule has 2 N–H and O–H groups in total. The van der Waals surface area contributed by atoms with Gasteiger partial charge in [-0.3, -0.25) is 14.9 Å². The molecule has 0 aromatic heterocycles. The highest BCUT2D eigenvalue weighted by molar-refractivity contribution is 5.95. The van der Waals surface area contributed by atoms with Gasteiger partial charge in [-0.1, -0.05) is 0 Å². The van der Waals surface area contributed by atoms with Gasteiger partial charge in [0.05, 0.1) is 11.5 Å². The van der Waals surface area contributed by atoms with Crippen molar-refractivity contribution in [2.24, 2.45) is 0 Å². The second kappa shape index (κ2) is 5.95. The molecule has 0 spiro atoms. The van der Waals surface area contributed by atoms with Crippen molar-refractivity contribution in [3.8, 4) is 5.75 Å². The minimum atomic E-state index is -4.88. The standard InChI is InChI=1S/C11H11F3N2O5/c1-15(5-9(18)11(12,13)14)10(19)6-2-3-8(17)7(4-6)16(20)21/h2-4,9,17-18H,5H2,1H3. The number of hydrogen-bond acceptors (Lipinski definition) is 5. The molecule has 7 nitrogen and oxygen atoms in total. The van der Waals surface area contributed by atoms with Crippen molar-refractivity contribution < 1.29 is 33.1 Å². The summed E-state index contributed by atoms with van der Waals surface area (Å²) < 4.78 is 36.6. The summed E-state index contributed by atoms with van der Waals surface area (Å²) >= 11 is 0. The smallest absolute Gasteiger partial charge is 0.416 e. The van der Waals surface area contributed by atoms with Crippen molar-refractivity contribution in [3.05, 3.63) is 33.9 Å². The van der Waals surface area contributed by atoms with Crippen LogP contribution in [0.4, 0.5) is 18.9 Å². The number of carbonyl (C=O) groups is 1. The molecule has 1 amide bonds. The minimum absolute atomic E-state index is 0.281. The van der Waals surface area contributed by atoms with E-state index in [2.05, 4.69) is 0 Å².